The van der Waals surface area contributed by atoms with Crippen LogP contribution in [0.15, 0.2) is 12.4 Å². The van der Waals surface area contributed by atoms with Crippen LogP contribution < -0.4 is 10.4 Å². The molecule has 0 atom stereocenters. The van der Waals surface area contributed by atoms with Crippen LogP contribution in [0.4, 0.5) is 5.95 Å². The second-order valence-electron chi connectivity index (χ2n) is 7.32. The number of amides is 1. The van der Waals surface area contributed by atoms with Gasteiger partial charge in [0.25, 0.3) is 0 Å². The lowest BCUT2D eigenvalue weighted by molar-refractivity contribution is -0.129. The van der Waals surface area contributed by atoms with Crippen LogP contribution in [-0.2, 0) is 9.53 Å². The van der Waals surface area contributed by atoms with Crippen molar-refractivity contribution in [3.63, 3.8) is 0 Å². The molecule has 29 heavy (non-hydrogen) atoms. The summed E-state index contributed by atoms with van der Waals surface area (Å²) in [6.07, 6.45) is 8.48. The molecule has 1 saturated heterocycles. The van der Waals surface area contributed by atoms with E-state index in [4.69, 9.17) is 9.94 Å². The number of methoxy groups -OCH3 is 1. The molecular formula is C20H33N5O4. The van der Waals surface area contributed by atoms with Gasteiger partial charge in [-0.1, -0.05) is 19.3 Å². The Morgan fingerprint density at radius 2 is 1.66 bits per heavy atom. The Kier molecular flexibility index (Phi) is 10.5. The standard InChI is InChI=1S/C20H33N5O4/c1-29-14-13-24-9-11-25(12-10-24)20-21-15-17(16-22-20)18(26)7-5-3-2-4-6-8-19(27)23-28/h15-16,28H,2-14H2,1H3,(H,23,27). The fourth-order valence-electron chi connectivity index (χ4n) is 3.32. The van der Waals surface area contributed by atoms with Crippen molar-refractivity contribution in [3.8, 4) is 0 Å². The lowest BCUT2D eigenvalue weighted by atomic mass is 10.1. The van der Waals surface area contributed by atoms with E-state index in [1.807, 2.05) is 0 Å². The van der Waals surface area contributed by atoms with E-state index >= 15 is 0 Å². The predicted molar refractivity (Wildman–Crippen MR) is 109 cm³/mol. The number of anilines is 1. The quantitative estimate of drug-likeness (QED) is 0.220. The smallest absolute Gasteiger partial charge is 0.243 e. The molecular weight excluding hydrogens is 374 g/mol. The number of aromatic nitrogens is 2. The van der Waals surface area contributed by atoms with E-state index in [2.05, 4.69) is 19.8 Å². The summed E-state index contributed by atoms with van der Waals surface area (Å²) in [6.45, 7) is 5.34. The number of Topliss-reactive ketones (excluding diaryl/α,β-unsaturated/α-hetero) is 1. The zero-order valence-corrected chi connectivity index (χ0v) is 17.3. The number of ketones is 1. The topological polar surface area (TPSA) is 108 Å². The van der Waals surface area contributed by atoms with E-state index in [1.54, 1.807) is 25.0 Å². The second-order valence-corrected chi connectivity index (χ2v) is 7.32. The van der Waals surface area contributed by atoms with E-state index in [1.165, 1.54) is 0 Å². The Hall–Kier alpha value is -2.10. The molecule has 9 nitrogen and oxygen atoms in total. The van der Waals surface area contributed by atoms with Crippen molar-refractivity contribution < 1.29 is 19.5 Å². The minimum atomic E-state index is -0.350. The average Bonchev–Trinajstić information content (AvgIpc) is 2.77. The molecule has 1 aliphatic heterocycles. The van der Waals surface area contributed by atoms with Crippen molar-refractivity contribution in [2.75, 3.05) is 51.3 Å². The van der Waals surface area contributed by atoms with Crippen molar-refractivity contribution in [3.05, 3.63) is 18.0 Å². The molecule has 1 aromatic heterocycles. The highest BCUT2D eigenvalue weighted by atomic mass is 16.5. The monoisotopic (exact) mass is 407 g/mol. The number of hydrogen-bond acceptors (Lipinski definition) is 8. The lowest BCUT2D eigenvalue weighted by Crippen LogP contribution is -2.47. The molecule has 0 unspecified atom stereocenters. The van der Waals surface area contributed by atoms with Gasteiger partial charge in [0.05, 0.1) is 12.2 Å². The number of unbranched alkanes of at least 4 members (excludes halogenated alkanes) is 4. The molecule has 1 amide bonds. The van der Waals surface area contributed by atoms with Gasteiger partial charge in [-0.15, -0.1) is 0 Å². The van der Waals surface area contributed by atoms with E-state index in [0.717, 1.165) is 71.4 Å². The number of nitrogens with one attached hydrogen (secondary N) is 1. The van der Waals surface area contributed by atoms with Gasteiger partial charge in [-0.3, -0.25) is 19.7 Å². The van der Waals surface area contributed by atoms with Crippen LogP contribution >= 0.6 is 0 Å². The lowest BCUT2D eigenvalue weighted by Gasteiger charge is -2.34. The average molecular weight is 408 g/mol. The molecule has 1 fully saturated rings. The summed E-state index contributed by atoms with van der Waals surface area (Å²) < 4.78 is 5.12. The Morgan fingerprint density at radius 1 is 1.03 bits per heavy atom. The van der Waals surface area contributed by atoms with Gasteiger partial charge in [0.15, 0.2) is 5.78 Å². The van der Waals surface area contributed by atoms with Gasteiger partial charge in [-0.2, -0.15) is 0 Å². The maximum Gasteiger partial charge on any atom is 0.243 e. The number of ether oxygens (including phenoxy) is 1. The summed E-state index contributed by atoms with van der Waals surface area (Å²) in [5, 5.41) is 8.42. The number of piperazine rings is 1. The fraction of sp³-hybridized carbons (Fsp3) is 0.700. The SMILES string of the molecule is COCCN1CCN(c2ncc(C(=O)CCCCCCCC(=O)NO)cn2)CC1. The van der Waals surface area contributed by atoms with Crippen LogP contribution in [0.2, 0.25) is 0 Å². The van der Waals surface area contributed by atoms with Crippen molar-refractivity contribution in [1.29, 1.82) is 0 Å². The van der Waals surface area contributed by atoms with Gasteiger partial charge in [-0.25, -0.2) is 15.4 Å². The first-order chi connectivity index (χ1) is 14.1. The molecule has 0 radical (unpaired) electrons. The van der Waals surface area contributed by atoms with Crippen LogP contribution in [0, 0.1) is 0 Å². The highest BCUT2D eigenvalue weighted by Crippen LogP contribution is 2.13. The molecule has 0 aliphatic carbocycles. The molecule has 9 heteroatoms. The van der Waals surface area contributed by atoms with E-state index in [9.17, 15) is 9.59 Å². The normalized spacial score (nSPS) is 14.8. The van der Waals surface area contributed by atoms with Crippen LogP contribution in [0.3, 0.4) is 0 Å². The Bertz CT molecular complexity index is 618. The second kappa shape index (κ2) is 13.2. The van der Waals surface area contributed by atoms with Crippen molar-refractivity contribution in [2.24, 2.45) is 0 Å². The summed E-state index contributed by atoms with van der Waals surface area (Å²) >= 11 is 0. The summed E-state index contributed by atoms with van der Waals surface area (Å²) in [6, 6.07) is 0. The molecule has 1 aliphatic rings. The molecule has 0 aromatic carbocycles. The van der Waals surface area contributed by atoms with Gasteiger partial charge in [0.1, 0.15) is 0 Å². The Balaban J connectivity index is 1.64. The first kappa shape index (κ1) is 23.2. The summed E-state index contributed by atoms with van der Waals surface area (Å²) in [5.41, 5.74) is 2.19. The summed E-state index contributed by atoms with van der Waals surface area (Å²) in [7, 11) is 1.72. The minimum Gasteiger partial charge on any atom is -0.383 e. The van der Waals surface area contributed by atoms with Crippen LogP contribution in [0.1, 0.15) is 55.3 Å². The number of rotatable bonds is 13. The van der Waals surface area contributed by atoms with Gasteiger partial charge in [-0.05, 0) is 12.8 Å². The van der Waals surface area contributed by atoms with Crippen molar-refractivity contribution >= 4 is 17.6 Å². The maximum absolute atomic E-state index is 12.3. The highest BCUT2D eigenvalue weighted by molar-refractivity contribution is 5.95. The third-order valence-corrected chi connectivity index (χ3v) is 5.16. The molecule has 2 N–H and O–H groups in total. The predicted octanol–water partition coefficient (Wildman–Crippen LogP) is 1.66. The maximum atomic E-state index is 12.3. The number of hydroxylamine groups is 1. The van der Waals surface area contributed by atoms with Crippen molar-refractivity contribution in [2.45, 2.75) is 44.9 Å². The fourth-order valence-corrected chi connectivity index (χ4v) is 3.32. The number of hydrogen-bond donors (Lipinski definition) is 2. The number of carbonyl (C=O) groups is 2. The van der Waals surface area contributed by atoms with Crippen molar-refractivity contribution in [1.82, 2.24) is 20.3 Å². The van der Waals surface area contributed by atoms with E-state index in [-0.39, 0.29) is 11.7 Å². The molecule has 2 rings (SSSR count). The van der Waals surface area contributed by atoms with E-state index in [0.29, 0.717) is 24.4 Å². The van der Waals surface area contributed by atoms with Crippen LogP contribution in [0.5, 0.6) is 0 Å². The summed E-state index contributed by atoms with van der Waals surface area (Å²) in [4.78, 5) is 36.5. The molecule has 0 spiro atoms. The largest absolute Gasteiger partial charge is 0.383 e. The Morgan fingerprint density at radius 3 is 2.28 bits per heavy atom. The molecule has 1 aromatic rings. The number of carbonyl (C=O) groups excluding carboxylic acids is 2. The molecule has 0 bridgehead atoms. The van der Waals surface area contributed by atoms with Crippen LogP contribution in [0.25, 0.3) is 0 Å². The van der Waals surface area contributed by atoms with E-state index < -0.39 is 0 Å². The van der Waals surface area contributed by atoms with Gasteiger partial charge < -0.3 is 9.64 Å². The first-order valence-corrected chi connectivity index (χ1v) is 10.4. The zero-order chi connectivity index (χ0) is 20.9. The highest BCUT2D eigenvalue weighted by Gasteiger charge is 2.19. The van der Waals surface area contributed by atoms with Gasteiger partial charge in [0, 0.05) is 65.1 Å². The molecule has 162 valence electrons. The third kappa shape index (κ3) is 8.43. The number of nitrogens with zero attached hydrogens (tertiary/aromatic N) is 4. The summed E-state index contributed by atoms with van der Waals surface area (Å²) in [5.74, 6) is 0.400. The van der Waals surface area contributed by atoms with Gasteiger partial charge in [0.2, 0.25) is 11.9 Å². The Labute approximate surface area is 172 Å². The first-order valence-electron chi connectivity index (χ1n) is 10.4. The zero-order valence-electron chi connectivity index (χ0n) is 17.3. The van der Waals surface area contributed by atoms with Crippen LogP contribution in [-0.4, -0.2) is 78.2 Å². The third-order valence-electron chi connectivity index (χ3n) is 5.16. The molecule has 2 heterocycles. The minimum absolute atomic E-state index is 0.0700. The van der Waals surface area contributed by atoms with Gasteiger partial charge >= 0.3 is 0 Å². The molecule has 0 saturated carbocycles.